The van der Waals surface area contributed by atoms with Crippen LogP contribution in [0.3, 0.4) is 0 Å². The average Bonchev–Trinajstić information content (AvgIpc) is 2.37. The largest absolute Gasteiger partial charge is 0.463 e. The highest BCUT2D eigenvalue weighted by molar-refractivity contribution is 6.40. The predicted octanol–water partition coefficient (Wildman–Crippen LogP) is 1.59. The summed E-state index contributed by atoms with van der Waals surface area (Å²) in [7, 11) is 1.15. The standard InChI is InChI=1S/C13H12O4.H2/c1-3-11(14)8-9-4-6-10(7-5-9)12(15)13(16)17-2;/h3-7H,1,8H2,2H3;1H. The second-order valence-electron chi connectivity index (χ2n) is 3.36. The van der Waals surface area contributed by atoms with Crippen LogP contribution in [0.15, 0.2) is 36.9 Å². The number of esters is 1. The number of carbonyl (C=O) groups is 3. The summed E-state index contributed by atoms with van der Waals surface area (Å²) in [5, 5.41) is 0. The zero-order valence-corrected chi connectivity index (χ0v) is 9.43. The highest BCUT2D eigenvalue weighted by atomic mass is 16.5. The zero-order valence-electron chi connectivity index (χ0n) is 9.43. The molecule has 0 aromatic heterocycles. The minimum absolute atomic E-state index is 0. The molecule has 0 saturated heterocycles. The van der Waals surface area contributed by atoms with Crippen molar-refractivity contribution in [2.75, 3.05) is 7.11 Å². The number of allylic oxidation sites excluding steroid dienone is 1. The second-order valence-corrected chi connectivity index (χ2v) is 3.36. The Morgan fingerprint density at radius 2 is 1.88 bits per heavy atom. The van der Waals surface area contributed by atoms with Gasteiger partial charge in [-0.25, -0.2) is 4.79 Å². The first kappa shape index (κ1) is 12.8. The molecule has 1 rings (SSSR count). The molecule has 0 N–H and O–H groups in total. The molecule has 0 atom stereocenters. The van der Waals surface area contributed by atoms with Crippen molar-refractivity contribution in [1.82, 2.24) is 0 Å². The average molecular weight is 234 g/mol. The van der Waals surface area contributed by atoms with E-state index >= 15 is 0 Å². The van der Waals surface area contributed by atoms with Crippen LogP contribution in [0.5, 0.6) is 0 Å². The Kier molecular flexibility index (Phi) is 4.34. The Morgan fingerprint density at radius 1 is 1.29 bits per heavy atom. The van der Waals surface area contributed by atoms with Gasteiger partial charge in [0.05, 0.1) is 7.11 Å². The Morgan fingerprint density at radius 3 is 2.35 bits per heavy atom. The minimum atomic E-state index is -0.903. The van der Waals surface area contributed by atoms with Crippen molar-refractivity contribution in [1.29, 1.82) is 0 Å². The lowest BCUT2D eigenvalue weighted by molar-refractivity contribution is -0.135. The lowest BCUT2D eigenvalue weighted by Crippen LogP contribution is -2.15. The van der Waals surface area contributed by atoms with E-state index < -0.39 is 11.8 Å². The molecule has 90 valence electrons. The van der Waals surface area contributed by atoms with Gasteiger partial charge in [-0.05, 0) is 11.6 Å². The Bertz CT molecular complexity index is 462. The van der Waals surface area contributed by atoms with Crippen molar-refractivity contribution in [3.8, 4) is 0 Å². The topological polar surface area (TPSA) is 60.4 Å². The Labute approximate surface area is 100 Å². The van der Waals surface area contributed by atoms with Crippen molar-refractivity contribution in [3.63, 3.8) is 0 Å². The smallest absolute Gasteiger partial charge is 0.379 e. The lowest BCUT2D eigenvalue weighted by atomic mass is 10.0. The van der Waals surface area contributed by atoms with Crippen LogP contribution < -0.4 is 0 Å². The number of methoxy groups -OCH3 is 1. The summed E-state index contributed by atoms with van der Waals surface area (Å²) in [5.74, 6) is -1.70. The summed E-state index contributed by atoms with van der Waals surface area (Å²) >= 11 is 0. The SMILES string of the molecule is C=CC(=O)Cc1ccc(C(=O)C(=O)OC)cc1.[HH]. The highest BCUT2D eigenvalue weighted by Gasteiger charge is 2.16. The summed E-state index contributed by atoms with van der Waals surface area (Å²) in [4.78, 5) is 33.5. The van der Waals surface area contributed by atoms with Gasteiger partial charge in [-0.3, -0.25) is 9.59 Å². The van der Waals surface area contributed by atoms with E-state index in [1.165, 1.54) is 18.2 Å². The molecule has 0 heterocycles. The summed E-state index contributed by atoms with van der Waals surface area (Å²) in [6.07, 6.45) is 1.48. The van der Waals surface area contributed by atoms with Gasteiger partial charge in [-0.15, -0.1) is 0 Å². The quantitative estimate of drug-likeness (QED) is 0.336. The Hall–Kier alpha value is -2.23. The molecular weight excluding hydrogens is 220 g/mol. The molecular formula is C13H14O4. The molecule has 4 heteroatoms. The third kappa shape index (κ3) is 3.38. The van der Waals surface area contributed by atoms with Gasteiger partial charge >= 0.3 is 5.97 Å². The van der Waals surface area contributed by atoms with E-state index in [1.54, 1.807) is 12.1 Å². The van der Waals surface area contributed by atoms with Gasteiger partial charge < -0.3 is 4.74 Å². The molecule has 1 aromatic carbocycles. The molecule has 0 aliphatic carbocycles. The first-order valence-electron chi connectivity index (χ1n) is 4.95. The van der Waals surface area contributed by atoms with Crippen LogP contribution in [0.2, 0.25) is 0 Å². The zero-order chi connectivity index (χ0) is 12.8. The van der Waals surface area contributed by atoms with Crippen molar-refractivity contribution in [2.24, 2.45) is 0 Å². The van der Waals surface area contributed by atoms with E-state index in [0.717, 1.165) is 12.7 Å². The molecule has 0 bridgehead atoms. The van der Waals surface area contributed by atoms with E-state index in [2.05, 4.69) is 11.3 Å². The number of ether oxygens (including phenoxy) is 1. The summed E-state index contributed by atoms with van der Waals surface area (Å²) in [6, 6.07) is 6.23. The maximum Gasteiger partial charge on any atom is 0.379 e. The lowest BCUT2D eigenvalue weighted by Gasteiger charge is -2.01. The maximum atomic E-state index is 11.4. The van der Waals surface area contributed by atoms with E-state index in [0.29, 0.717) is 0 Å². The Balaban J connectivity index is 0.00000289. The van der Waals surface area contributed by atoms with Gasteiger partial charge in [-0.2, -0.15) is 0 Å². The van der Waals surface area contributed by atoms with Crippen LogP contribution in [0.4, 0.5) is 0 Å². The van der Waals surface area contributed by atoms with E-state index in [9.17, 15) is 14.4 Å². The van der Waals surface area contributed by atoms with Crippen LogP contribution in [-0.2, 0) is 20.7 Å². The monoisotopic (exact) mass is 234 g/mol. The van der Waals surface area contributed by atoms with Crippen molar-refractivity contribution in [2.45, 2.75) is 6.42 Å². The van der Waals surface area contributed by atoms with Crippen molar-refractivity contribution in [3.05, 3.63) is 48.0 Å². The summed E-state index contributed by atoms with van der Waals surface area (Å²) in [6.45, 7) is 3.37. The van der Waals surface area contributed by atoms with Gasteiger partial charge in [0.25, 0.3) is 5.78 Å². The first-order chi connectivity index (χ1) is 8.08. The summed E-state index contributed by atoms with van der Waals surface area (Å²) in [5.41, 5.74) is 1.00. The number of carbonyl (C=O) groups excluding carboxylic acids is 3. The fraction of sp³-hybridized carbons (Fsp3) is 0.154. The van der Waals surface area contributed by atoms with Crippen molar-refractivity contribution >= 4 is 17.5 Å². The van der Waals surface area contributed by atoms with Gasteiger partial charge in [0.1, 0.15) is 0 Å². The van der Waals surface area contributed by atoms with E-state index in [-0.39, 0.29) is 19.2 Å². The van der Waals surface area contributed by atoms with Crippen LogP contribution in [0.25, 0.3) is 0 Å². The van der Waals surface area contributed by atoms with Gasteiger partial charge in [0, 0.05) is 13.4 Å². The molecule has 0 spiro atoms. The highest BCUT2D eigenvalue weighted by Crippen LogP contribution is 2.07. The number of ketones is 2. The predicted molar refractivity (Wildman–Crippen MR) is 63.8 cm³/mol. The molecule has 0 aliphatic rings. The van der Waals surface area contributed by atoms with Crippen LogP contribution in [0, 0.1) is 0 Å². The minimum Gasteiger partial charge on any atom is -0.463 e. The third-order valence-corrected chi connectivity index (χ3v) is 2.19. The number of hydrogen-bond acceptors (Lipinski definition) is 4. The normalized spacial score (nSPS) is 9.47. The molecule has 0 radical (unpaired) electrons. The summed E-state index contributed by atoms with van der Waals surface area (Å²) < 4.78 is 4.32. The number of hydrogen-bond donors (Lipinski definition) is 0. The van der Waals surface area contributed by atoms with Crippen LogP contribution in [0.1, 0.15) is 17.3 Å². The first-order valence-corrected chi connectivity index (χ1v) is 4.95. The molecule has 0 amide bonds. The van der Waals surface area contributed by atoms with E-state index in [1.807, 2.05) is 0 Å². The van der Waals surface area contributed by atoms with Crippen molar-refractivity contribution < 1.29 is 20.5 Å². The number of Topliss-reactive ketones (excluding diaryl/α,β-unsaturated/α-hetero) is 1. The molecule has 0 fully saturated rings. The fourth-order valence-corrected chi connectivity index (χ4v) is 1.26. The molecule has 0 saturated carbocycles. The number of rotatable bonds is 5. The van der Waals surface area contributed by atoms with Gasteiger partial charge in [0.15, 0.2) is 5.78 Å². The maximum absolute atomic E-state index is 11.4. The molecule has 0 aliphatic heterocycles. The van der Waals surface area contributed by atoms with Gasteiger partial charge in [-0.1, -0.05) is 30.8 Å². The molecule has 17 heavy (non-hydrogen) atoms. The van der Waals surface area contributed by atoms with E-state index in [4.69, 9.17) is 0 Å². The van der Waals surface area contributed by atoms with Gasteiger partial charge in [0.2, 0.25) is 0 Å². The van der Waals surface area contributed by atoms with Crippen LogP contribution in [-0.4, -0.2) is 24.6 Å². The fourth-order valence-electron chi connectivity index (χ4n) is 1.26. The van der Waals surface area contributed by atoms with Crippen LogP contribution >= 0.6 is 0 Å². The molecule has 1 aromatic rings. The number of benzene rings is 1. The molecule has 4 nitrogen and oxygen atoms in total. The third-order valence-electron chi connectivity index (χ3n) is 2.19. The second kappa shape index (κ2) is 5.75. The molecule has 0 unspecified atom stereocenters.